The molecule has 10 heavy (non-hydrogen) atoms. The molecule has 0 radical (unpaired) electrons. The number of carbonyl (C=O) groups excluding carboxylic acids is 1. The molecule has 0 aliphatic rings. The second-order valence-electron chi connectivity index (χ2n) is 1.74. The van der Waals surface area contributed by atoms with Crippen LogP contribution in [0.25, 0.3) is 0 Å². The second-order valence-corrected chi connectivity index (χ2v) is 2.13. The summed E-state index contributed by atoms with van der Waals surface area (Å²) in [6.45, 7) is 1.36. The summed E-state index contributed by atoms with van der Waals surface area (Å²) in [5.74, 6) is -0.140. The van der Waals surface area contributed by atoms with Gasteiger partial charge in [0, 0.05) is 6.92 Å². The Balaban J connectivity index is 3.28. The monoisotopic (exact) mass is 158 g/mol. The number of nitrogens with zero attached hydrogens (tertiary/aromatic N) is 2. The van der Waals surface area contributed by atoms with E-state index in [1.807, 2.05) is 0 Å². The predicted molar refractivity (Wildman–Crippen MR) is 38.1 cm³/mol. The summed E-state index contributed by atoms with van der Waals surface area (Å²) in [6, 6.07) is 0. The number of carbonyl (C=O) groups is 1. The van der Waals surface area contributed by atoms with Crippen molar-refractivity contribution in [3.05, 3.63) is 4.77 Å². The average Bonchev–Trinajstić information content (AvgIpc) is 2.10. The molecule has 0 spiro atoms. The fraction of sp³-hybridized carbons (Fsp3) is 0.250. The van der Waals surface area contributed by atoms with Crippen LogP contribution in [0.2, 0.25) is 0 Å². The van der Waals surface area contributed by atoms with Gasteiger partial charge in [-0.15, -0.1) is 0 Å². The van der Waals surface area contributed by atoms with Crippen molar-refractivity contribution in [2.75, 3.05) is 5.73 Å². The Labute approximate surface area is 61.8 Å². The topological polar surface area (TPSA) is 76.7 Å². The highest BCUT2D eigenvalue weighted by Crippen LogP contribution is 1.94. The Morgan fingerprint density at radius 1 is 1.90 bits per heavy atom. The van der Waals surface area contributed by atoms with Gasteiger partial charge in [-0.2, -0.15) is 9.67 Å². The molecule has 0 amide bonds. The first-order chi connectivity index (χ1) is 4.61. The molecular formula is C4H6N4OS. The average molecular weight is 158 g/mol. The molecule has 3 N–H and O–H groups in total. The van der Waals surface area contributed by atoms with E-state index >= 15 is 0 Å². The van der Waals surface area contributed by atoms with E-state index in [0.29, 0.717) is 0 Å². The standard InChI is InChI=1S/C4H6N4OS/c1-2(9)8-3(5)6-4(10)7-8/h1H3,(H3,5,6,7,10). The number of rotatable bonds is 0. The quantitative estimate of drug-likeness (QED) is 0.528. The summed E-state index contributed by atoms with van der Waals surface area (Å²) < 4.78 is 1.30. The third kappa shape index (κ3) is 1.06. The van der Waals surface area contributed by atoms with E-state index < -0.39 is 0 Å². The van der Waals surface area contributed by atoms with Crippen molar-refractivity contribution in [1.82, 2.24) is 14.8 Å². The molecule has 6 heteroatoms. The van der Waals surface area contributed by atoms with E-state index in [1.54, 1.807) is 0 Å². The lowest BCUT2D eigenvalue weighted by Crippen LogP contribution is -2.10. The van der Waals surface area contributed by atoms with Crippen molar-refractivity contribution in [3.63, 3.8) is 0 Å². The molecule has 1 heterocycles. The van der Waals surface area contributed by atoms with Gasteiger partial charge in [-0.1, -0.05) is 0 Å². The van der Waals surface area contributed by atoms with Crippen molar-refractivity contribution < 1.29 is 4.79 Å². The highest BCUT2D eigenvalue weighted by atomic mass is 32.1. The Bertz CT molecular complexity index is 311. The molecule has 0 bridgehead atoms. The zero-order valence-electron chi connectivity index (χ0n) is 5.29. The summed E-state index contributed by atoms with van der Waals surface area (Å²) in [5.41, 5.74) is 5.28. The number of aromatic amines is 1. The van der Waals surface area contributed by atoms with Crippen LogP contribution in [-0.2, 0) is 0 Å². The summed E-state index contributed by atoms with van der Waals surface area (Å²) in [4.78, 5) is 14.3. The number of hydrogen-bond donors (Lipinski definition) is 2. The van der Waals surface area contributed by atoms with Gasteiger partial charge in [0.1, 0.15) is 0 Å². The van der Waals surface area contributed by atoms with Crippen LogP contribution in [0.4, 0.5) is 5.95 Å². The molecule has 54 valence electrons. The van der Waals surface area contributed by atoms with Gasteiger partial charge in [-0.25, -0.2) is 0 Å². The van der Waals surface area contributed by atoms with Gasteiger partial charge in [-0.05, 0) is 12.2 Å². The van der Waals surface area contributed by atoms with E-state index in [0.717, 1.165) is 4.68 Å². The Morgan fingerprint density at radius 3 is 2.70 bits per heavy atom. The Kier molecular flexibility index (Phi) is 1.54. The van der Waals surface area contributed by atoms with Gasteiger partial charge in [0.05, 0.1) is 0 Å². The molecule has 0 unspecified atom stereocenters. The number of nitrogens with two attached hydrogens (primary N) is 1. The number of aromatic nitrogens is 3. The van der Waals surface area contributed by atoms with E-state index in [9.17, 15) is 4.79 Å². The third-order valence-corrected chi connectivity index (χ3v) is 1.15. The zero-order chi connectivity index (χ0) is 7.72. The maximum atomic E-state index is 10.6. The molecule has 0 saturated carbocycles. The zero-order valence-corrected chi connectivity index (χ0v) is 6.10. The number of anilines is 1. The summed E-state index contributed by atoms with van der Waals surface area (Å²) in [5, 5.41) is 2.49. The van der Waals surface area contributed by atoms with Crippen LogP contribution in [0, 0.1) is 4.77 Å². The molecule has 0 aliphatic carbocycles. The molecular weight excluding hydrogens is 152 g/mol. The number of nitrogen functional groups attached to an aromatic ring is 1. The fourth-order valence-electron chi connectivity index (χ4n) is 0.572. The summed E-state index contributed by atoms with van der Waals surface area (Å²) in [6.07, 6.45) is 0. The first-order valence-electron chi connectivity index (χ1n) is 2.56. The molecule has 0 atom stereocenters. The van der Waals surface area contributed by atoms with Crippen molar-refractivity contribution in [2.45, 2.75) is 6.92 Å². The molecule has 0 aromatic carbocycles. The molecule has 0 fully saturated rings. The highest BCUT2D eigenvalue weighted by molar-refractivity contribution is 7.71. The minimum Gasteiger partial charge on any atom is -0.368 e. The minimum absolute atomic E-state index is 0.0949. The molecule has 5 nitrogen and oxygen atoms in total. The number of nitrogens with one attached hydrogen (secondary N) is 1. The number of hydrogen-bond acceptors (Lipinski definition) is 4. The highest BCUT2D eigenvalue weighted by Gasteiger charge is 2.02. The Morgan fingerprint density at radius 2 is 2.50 bits per heavy atom. The molecule has 0 saturated heterocycles. The van der Waals surface area contributed by atoms with Gasteiger partial charge in [0.2, 0.25) is 16.6 Å². The van der Waals surface area contributed by atoms with Gasteiger partial charge in [0.15, 0.2) is 0 Å². The molecule has 1 aromatic heterocycles. The van der Waals surface area contributed by atoms with Gasteiger partial charge >= 0.3 is 0 Å². The van der Waals surface area contributed by atoms with Crippen LogP contribution in [0.5, 0.6) is 0 Å². The van der Waals surface area contributed by atoms with Gasteiger partial charge in [0.25, 0.3) is 0 Å². The van der Waals surface area contributed by atoms with Crippen LogP contribution in [-0.4, -0.2) is 20.7 Å². The van der Waals surface area contributed by atoms with Crippen LogP contribution in [0.1, 0.15) is 11.7 Å². The lowest BCUT2D eigenvalue weighted by atomic mass is 10.7. The number of H-pyrrole nitrogens is 1. The van der Waals surface area contributed by atoms with Crippen molar-refractivity contribution in [3.8, 4) is 0 Å². The van der Waals surface area contributed by atoms with Gasteiger partial charge in [-0.3, -0.25) is 9.89 Å². The van der Waals surface area contributed by atoms with E-state index in [4.69, 9.17) is 5.73 Å². The summed E-state index contributed by atoms with van der Waals surface area (Å²) >= 11 is 4.62. The maximum Gasteiger partial charge on any atom is 0.245 e. The van der Waals surface area contributed by atoms with Crippen LogP contribution in [0.3, 0.4) is 0 Å². The predicted octanol–water partition coefficient (Wildman–Crippen LogP) is 0.183. The third-order valence-electron chi connectivity index (χ3n) is 0.968. The van der Waals surface area contributed by atoms with Crippen LogP contribution >= 0.6 is 12.2 Å². The summed E-state index contributed by atoms with van der Waals surface area (Å²) in [7, 11) is 0. The first kappa shape index (κ1) is 6.94. The molecule has 1 aromatic rings. The molecule has 1 rings (SSSR count). The maximum absolute atomic E-state index is 10.6. The first-order valence-corrected chi connectivity index (χ1v) is 2.97. The van der Waals surface area contributed by atoms with E-state index in [1.165, 1.54) is 6.92 Å². The van der Waals surface area contributed by atoms with Crippen molar-refractivity contribution in [2.24, 2.45) is 0 Å². The fourth-order valence-corrected chi connectivity index (χ4v) is 0.757. The van der Waals surface area contributed by atoms with Gasteiger partial charge < -0.3 is 5.73 Å². The normalized spacial score (nSPS) is 9.70. The van der Waals surface area contributed by atoms with E-state index in [2.05, 4.69) is 22.3 Å². The SMILES string of the molecule is CC(=O)n1[nH]c(=S)nc1N. The van der Waals surface area contributed by atoms with Crippen molar-refractivity contribution >= 4 is 24.1 Å². The second kappa shape index (κ2) is 2.22. The van der Waals surface area contributed by atoms with Crippen LogP contribution < -0.4 is 5.73 Å². The lowest BCUT2D eigenvalue weighted by molar-refractivity contribution is 0.0924. The minimum atomic E-state index is -0.235. The Hall–Kier alpha value is -1.17. The molecule has 0 aliphatic heterocycles. The smallest absolute Gasteiger partial charge is 0.245 e. The van der Waals surface area contributed by atoms with Crippen LogP contribution in [0.15, 0.2) is 0 Å². The lowest BCUT2D eigenvalue weighted by Gasteiger charge is -1.93. The van der Waals surface area contributed by atoms with E-state index in [-0.39, 0.29) is 16.6 Å². The largest absolute Gasteiger partial charge is 0.368 e. The van der Waals surface area contributed by atoms with Crippen molar-refractivity contribution in [1.29, 1.82) is 0 Å².